The Hall–Kier alpha value is -1.39. The lowest BCUT2D eigenvalue weighted by Gasteiger charge is -2.47. The quantitative estimate of drug-likeness (QED) is 0.931. The van der Waals surface area contributed by atoms with E-state index >= 15 is 0 Å². The standard InChI is InChI=1S/C18H26N2O2/c1-13(15-9-19-10-15)17(21)20-11-16(22-12-18(20,2)3)14-7-5-4-6-8-14/h4-8,13,15-16,19H,9-12H2,1-3H3. The number of hydrogen-bond donors (Lipinski definition) is 1. The smallest absolute Gasteiger partial charge is 0.226 e. The molecule has 3 rings (SSSR count). The van der Waals surface area contributed by atoms with Crippen LogP contribution in [0.15, 0.2) is 30.3 Å². The lowest BCUT2D eigenvalue weighted by atomic mass is 9.86. The van der Waals surface area contributed by atoms with Crippen molar-refractivity contribution in [3.8, 4) is 0 Å². The molecule has 2 saturated heterocycles. The summed E-state index contributed by atoms with van der Waals surface area (Å²) < 4.78 is 6.03. The van der Waals surface area contributed by atoms with E-state index in [0.29, 0.717) is 19.1 Å². The highest BCUT2D eigenvalue weighted by Gasteiger charge is 2.42. The molecular formula is C18H26N2O2. The molecule has 2 unspecified atom stereocenters. The Morgan fingerprint density at radius 2 is 2.00 bits per heavy atom. The van der Waals surface area contributed by atoms with Gasteiger partial charge in [0, 0.05) is 5.92 Å². The fourth-order valence-electron chi connectivity index (χ4n) is 3.22. The predicted octanol–water partition coefficient (Wildman–Crippen LogP) is 2.22. The van der Waals surface area contributed by atoms with Crippen molar-refractivity contribution < 1.29 is 9.53 Å². The predicted molar refractivity (Wildman–Crippen MR) is 86.5 cm³/mol. The highest BCUT2D eigenvalue weighted by atomic mass is 16.5. The number of rotatable bonds is 3. The maximum absolute atomic E-state index is 13.0. The van der Waals surface area contributed by atoms with Crippen molar-refractivity contribution in [1.82, 2.24) is 10.2 Å². The molecule has 0 aliphatic carbocycles. The molecule has 0 radical (unpaired) electrons. The zero-order valence-electron chi connectivity index (χ0n) is 13.7. The summed E-state index contributed by atoms with van der Waals surface area (Å²) in [6.07, 6.45) is -0.0232. The third-order valence-corrected chi connectivity index (χ3v) is 5.06. The number of hydrogen-bond acceptors (Lipinski definition) is 3. The van der Waals surface area contributed by atoms with E-state index in [1.54, 1.807) is 0 Å². The summed E-state index contributed by atoms with van der Waals surface area (Å²) in [4.78, 5) is 15.0. The zero-order valence-corrected chi connectivity index (χ0v) is 13.7. The number of benzene rings is 1. The fraction of sp³-hybridized carbons (Fsp3) is 0.611. The molecule has 2 heterocycles. The van der Waals surface area contributed by atoms with Crippen LogP contribution in [0.25, 0.3) is 0 Å². The van der Waals surface area contributed by atoms with Crippen LogP contribution in [0.3, 0.4) is 0 Å². The van der Waals surface area contributed by atoms with E-state index in [1.165, 1.54) is 0 Å². The van der Waals surface area contributed by atoms with Gasteiger partial charge in [-0.2, -0.15) is 0 Å². The van der Waals surface area contributed by atoms with Gasteiger partial charge in [0.05, 0.1) is 18.7 Å². The van der Waals surface area contributed by atoms with Crippen molar-refractivity contribution in [3.05, 3.63) is 35.9 Å². The molecule has 4 nitrogen and oxygen atoms in total. The van der Waals surface area contributed by atoms with E-state index in [4.69, 9.17) is 4.74 Å². The van der Waals surface area contributed by atoms with Gasteiger partial charge in [0.15, 0.2) is 0 Å². The number of ether oxygens (including phenoxy) is 1. The minimum atomic E-state index is -0.242. The Labute approximate surface area is 132 Å². The topological polar surface area (TPSA) is 41.6 Å². The van der Waals surface area contributed by atoms with E-state index in [-0.39, 0.29) is 23.5 Å². The molecular weight excluding hydrogens is 276 g/mol. The lowest BCUT2D eigenvalue weighted by Crippen LogP contribution is -2.59. The molecule has 120 valence electrons. The number of nitrogens with zero attached hydrogens (tertiary/aromatic N) is 1. The van der Waals surface area contributed by atoms with Crippen LogP contribution in [0.2, 0.25) is 0 Å². The van der Waals surface area contributed by atoms with Crippen molar-refractivity contribution in [2.24, 2.45) is 11.8 Å². The molecule has 1 aromatic rings. The van der Waals surface area contributed by atoms with Crippen LogP contribution in [0.1, 0.15) is 32.4 Å². The maximum Gasteiger partial charge on any atom is 0.226 e. The number of nitrogens with one attached hydrogen (secondary N) is 1. The fourth-order valence-corrected chi connectivity index (χ4v) is 3.22. The molecule has 2 aliphatic rings. The van der Waals surface area contributed by atoms with Gasteiger partial charge in [-0.3, -0.25) is 4.79 Å². The van der Waals surface area contributed by atoms with Crippen LogP contribution in [0.5, 0.6) is 0 Å². The average molecular weight is 302 g/mol. The van der Waals surface area contributed by atoms with Gasteiger partial charge in [-0.1, -0.05) is 37.3 Å². The van der Waals surface area contributed by atoms with Gasteiger partial charge < -0.3 is 15.0 Å². The summed E-state index contributed by atoms with van der Waals surface area (Å²) in [5, 5.41) is 3.26. The van der Waals surface area contributed by atoms with Gasteiger partial charge in [-0.05, 0) is 38.4 Å². The van der Waals surface area contributed by atoms with E-state index in [0.717, 1.165) is 18.7 Å². The van der Waals surface area contributed by atoms with Crippen LogP contribution in [-0.2, 0) is 9.53 Å². The second kappa shape index (κ2) is 6.01. The third kappa shape index (κ3) is 2.90. The molecule has 1 N–H and O–H groups in total. The van der Waals surface area contributed by atoms with Gasteiger partial charge in [0.2, 0.25) is 5.91 Å². The molecule has 2 fully saturated rings. The highest BCUT2D eigenvalue weighted by molar-refractivity contribution is 5.80. The van der Waals surface area contributed by atoms with Crippen molar-refractivity contribution in [1.29, 1.82) is 0 Å². The zero-order chi connectivity index (χ0) is 15.7. The summed E-state index contributed by atoms with van der Waals surface area (Å²) in [5.41, 5.74) is 0.905. The Morgan fingerprint density at radius 3 is 2.59 bits per heavy atom. The van der Waals surface area contributed by atoms with Crippen molar-refractivity contribution >= 4 is 5.91 Å². The van der Waals surface area contributed by atoms with Crippen LogP contribution >= 0.6 is 0 Å². The summed E-state index contributed by atoms with van der Waals surface area (Å²) in [6, 6.07) is 10.2. The van der Waals surface area contributed by atoms with E-state index < -0.39 is 0 Å². The minimum absolute atomic E-state index is 0.0232. The largest absolute Gasteiger partial charge is 0.369 e. The van der Waals surface area contributed by atoms with Crippen molar-refractivity contribution in [2.45, 2.75) is 32.4 Å². The number of carbonyl (C=O) groups excluding carboxylic acids is 1. The SMILES string of the molecule is CC(C(=O)N1CC(c2ccccc2)OCC1(C)C)C1CNC1. The van der Waals surface area contributed by atoms with Gasteiger partial charge in [-0.25, -0.2) is 0 Å². The normalized spacial score (nSPS) is 26.3. The summed E-state index contributed by atoms with van der Waals surface area (Å²) in [7, 11) is 0. The number of carbonyl (C=O) groups is 1. The summed E-state index contributed by atoms with van der Waals surface area (Å²) in [5.74, 6) is 0.817. The highest BCUT2D eigenvalue weighted by Crippen LogP contribution is 2.32. The van der Waals surface area contributed by atoms with Crippen LogP contribution in [0.4, 0.5) is 0 Å². The molecule has 0 bridgehead atoms. The van der Waals surface area contributed by atoms with Crippen LogP contribution in [-0.4, -0.2) is 42.6 Å². The first-order valence-corrected chi connectivity index (χ1v) is 8.18. The molecule has 0 spiro atoms. The molecule has 0 aromatic heterocycles. The van der Waals surface area contributed by atoms with Gasteiger partial charge in [-0.15, -0.1) is 0 Å². The second-order valence-electron chi connectivity index (χ2n) is 7.18. The summed E-state index contributed by atoms with van der Waals surface area (Å²) in [6.45, 7) is 9.39. The first-order chi connectivity index (χ1) is 10.5. The molecule has 22 heavy (non-hydrogen) atoms. The van der Waals surface area contributed by atoms with Crippen LogP contribution in [0, 0.1) is 11.8 Å². The molecule has 2 atom stereocenters. The van der Waals surface area contributed by atoms with Gasteiger partial charge in [0.25, 0.3) is 0 Å². The number of amides is 1. The minimum Gasteiger partial charge on any atom is -0.369 e. The third-order valence-electron chi connectivity index (χ3n) is 5.06. The van der Waals surface area contributed by atoms with E-state index in [9.17, 15) is 4.79 Å². The molecule has 1 aromatic carbocycles. The Morgan fingerprint density at radius 1 is 1.32 bits per heavy atom. The van der Waals surface area contributed by atoms with Crippen molar-refractivity contribution in [3.63, 3.8) is 0 Å². The van der Waals surface area contributed by atoms with Crippen LogP contribution < -0.4 is 5.32 Å². The molecule has 4 heteroatoms. The van der Waals surface area contributed by atoms with Gasteiger partial charge in [0.1, 0.15) is 6.10 Å². The first-order valence-electron chi connectivity index (χ1n) is 8.18. The first kappa shape index (κ1) is 15.5. The second-order valence-corrected chi connectivity index (χ2v) is 7.18. The number of morpholine rings is 1. The Kier molecular flexibility index (Phi) is 4.24. The molecule has 1 amide bonds. The summed E-state index contributed by atoms with van der Waals surface area (Å²) >= 11 is 0. The van der Waals surface area contributed by atoms with Crippen molar-refractivity contribution in [2.75, 3.05) is 26.2 Å². The Balaban J connectivity index is 1.76. The lowest BCUT2D eigenvalue weighted by molar-refractivity contribution is -0.160. The van der Waals surface area contributed by atoms with E-state index in [2.05, 4.69) is 38.2 Å². The molecule has 2 aliphatic heterocycles. The monoisotopic (exact) mass is 302 g/mol. The average Bonchev–Trinajstić information content (AvgIpc) is 2.45. The molecule has 0 saturated carbocycles. The van der Waals surface area contributed by atoms with Gasteiger partial charge >= 0.3 is 0 Å². The Bertz CT molecular complexity index is 525. The van der Waals surface area contributed by atoms with E-state index in [1.807, 2.05) is 23.1 Å². The maximum atomic E-state index is 13.0.